The first-order chi connectivity index (χ1) is 13.1. The Labute approximate surface area is 156 Å². The van der Waals surface area contributed by atoms with Crippen molar-refractivity contribution in [3.63, 3.8) is 0 Å². The smallest absolute Gasteiger partial charge is 0.238 e. The first kappa shape index (κ1) is 17.7. The zero-order chi connectivity index (χ0) is 18.8. The maximum absolute atomic E-state index is 13.2. The Morgan fingerprint density at radius 2 is 1.89 bits per heavy atom. The zero-order valence-electron chi connectivity index (χ0n) is 14.8. The number of rotatable bonds is 4. The Bertz CT molecular complexity index is 961. The molecule has 0 atom stereocenters. The predicted molar refractivity (Wildman–Crippen MR) is 102 cm³/mol. The number of carbonyl (C=O) groups excluding carboxylic acids is 1. The van der Waals surface area contributed by atoms with Crippen molar-refractivity contribution >= 4 is 22.5 Å². The van der Waals surface area contributed by atoms with Crippen LogP contribution in [0, 0.1) is 11.6 Å². The van der Waals surface area contributed by atoms with Gasteiger partial charge in [-0.1, -0.05) is 18.2 Å². The summed E-state index contributed by atoms with van der Waals surface area (Å²) < 4.78 is 26.2. The molecule has 0 saturated carbocycles. The number of anilines is 1. The van der Waals surface area contributed by atoms with E-state index in [1.165, 1.54) is 17.0 Å². The van der Waals surface area contributed by atoms with E-state index in [0.717, 1.165) is 43.6 Å². The van der Waals surface area contributed by atoms with Gasteiger partial charge in [0, 0.05) is 28.9 Å². The van der Waals surface area contributed by atoms with Crippen LogP contribution in [0.4, 0.5) is 14.5 Å². The van der Waals surface area contributed by atoms with Gasteiger partial charge in [0.05, 0.1) is 6.54 Å². The van der Waals surface area contributed by atoms with Crippen molar-refractivity contribution < 1.29 is 13.6 Å². The topological polar surface area (TPSA) is 48.1 Å². The van der Waals surface area contributed by atoms with Crippen LogP contribution in [-0.2, 0) is 4.79 Å². The van der Waals surface area contributed by atoms with E-state index in [2.05, 4.69) is 39.6 Å². The van der Waals surface area contributed by atoms with Crippen molar-refractivity contribution in [1.29, 1.82) is 0 Å². The van der Waals surface area contributed by atoms with E-state index in [9.17, 15) is 13.6 Å². The van der Waals surface area contributed by atoms with Gasteiger partial charge in [0.15, 0.2) is 11.6 Å². The highest BCUT2D eigenvalue weighted by Crippen LogP contribution is 2.33. The average molecular weight is 369 g/mol. The van der Waals surface area contributed by atoms with Crippen molar-refractivity contribution in [2.75, 3.05) is 25.0 Å². The molecule has 0 radical (unpaired) electrons. The summed E-state index contributed by atoms with van der Waals surface area (Å²) in [6, 6.07) is 11.7. The van der Waals surface area contributed by atoms with Gasteiger partial charge in [-0.15, -0.1) is 0 Å². The van der Waals surface area contributed by atoms with Crippen LogP contribution >= 0.6 is 0 Å². The lowest BCUT2D eigenvalue weighted by Crippen LogP contribution is -2.38. The second-order valence-electron chi connectivity index (χ2n) is 7.02. The second kappa shape index (κ2) is 7.48. The Balaban J connectivity index is 1.32. The summed E-state index contributed by atoms with van der Waals surface area (Å²) in [5.74, 6) is -1.63. The summed E-state index contributed by atoms with van der Waals surface area (Å²) in [6.45, 7) is 1.91. The van der Waals surface area contributed by atoms with Crippen molar-refractivity contribution in [3.8, 4) is 0 Å². The normalized spacial score (nSPS) is 15.9. The van der Waals surface area contributed by atoms with Gasteiger partial charge in [-0.2, -0.15) is 0 Å². The SMILES string of the molecule is O=C(CN1CCC(c2c[nH]c3ccccc23)CC1)Nc1ccc(F)c(F)c1. The monoisotopic (exact) mass is 369 g/mol. The minimum absolute atomic E-state index is 0.216. The van der Waals surface area contributed by atoms with Crippen LogP contribution in [0.1, 0.15) is 24.3 Å². The number of halogens is 2. The van der Waals surface area contributed by atoms with Crippen LogP contribution in [0.15, 0.2) is 48.7 Å². The fourth-order valence-electron chi connectivity index (χ4n) is 3.81. The molecule has 1 saturated heterocycles. The van der Waals surface area contributed by atoms with Gasteiger partial charge in [-0.3, -0.25) is 9.69 Å². The first-order valence-electron chi connectivity index (χ1n) is 9.13. The number of nitrogens with one attached hydrogen (secondary N) is 2. The largest absolute Gasteiger partial charge is 0.361 e. The molecule has 0 unspecified atom stereocenters. The van der Waals surface area contributed by atoms with Crippen LogP contribution in [-0.4, -0.2) is 35.4 Å². The number of likely N-dealkylation sites (tertiary alicyclic amines) is 1. The third-order valence-electron chi connectivity index (χ3n) is 5.22. The van der Waals surface area contributed by atoms with Crippen LogP contribution in [0.25, 0.3) is 10.9 Å². The first-order valence-corrected chi connectivity index (χ1v) is 9.13. The van der Waals surface area contributed by atoms with E-state index in [-0.39, 0.29) is 18.1 Å². The fourth-order valence-corrected chi connectivity index (χ4v) is 3.81. The molecular weight excluding hydrogens is 348 g/mol. The quantitative estimate of drug-likeness (QED) is 0.722. The van der Waals surface area contributed by atoms with Gasteiger partial charge >= 0.3 is 0 Å². The molecule has 2 heterocycles. The number of amides is 1. The molecule has 0 bridgehead atoms. The lowest BCUT2D eigenvalue weighted by molar-refractivity contribution is -0.117. The standard InChI is InChI=1S/C21H21F2N3O/c22-18-6-5-15(11-19(18)23)25-21(27)13-26-9-7-14(8-10-26)17-12-24-20-4-2-1-3-16(17)20/h1-6,11-12,14,24H,7-10,13H2,(H,25,27). The molecule has 1 aliphatic heterocycles. The molecule has 1 amide bonds. The van der Waals surface area contributed by atoms with E-state index < -0.39 is 11.6 Å². The molecule has 6 heteroatoms. The minimum atomic E-state index is -0.965. The van der Waals surface area contributed by atoms with Gasteiger partial charge in [0.1, 0.15) is 0 Å². The summed E-state index contributed by atoms with van der Waals surface area (Å²) >= 11 is 0. The van der Waals surface area contributed by atoms with Crippen LogP contribution < -0.4 is 5.32 Å². The maximum atomic E-state index is 13.2. The fraction of sp³-hybridized carbons (Fsp3) is 0.286. The highest BCUT2D eigenvalue weighted by atomic mass is 19.2. The molecule has 4 rings (SSSR count). The van der Waals surface area contributed by atoms with Crippen molar-refractivity contribution in [2.24, 2.45) is 0 Å². The lowest BCUT2D eigenvalue weighted by atomic mass is 9.89. The van der Waals surface area contributed by atoms with Crippen LogP contribution in [0.3, 0.4) is 0 Å². The number of benzene rings is 2. The van der Waals surface area contributed by atoms with Crippen molar-refractivity contribution in [2.45, 2.75) is 18.8 Å². The Hall–Kier alpha value is -2.73. The number of fused-ring (bicyclic) bond motifs is 1. The maximum Gasteiger partial charge on any atom is 0.238 e. The summed E-state index contributed by atoms with van der Waals surface area (Å²) in [5.41, 5.74) is 2.77. The molecule has 0 aliphatic carbocycles. The number of hydrogen-bond donors (Lipinski definition) is 2. The molecule has 2 aromatic carbocycles. The molecule has 1 aromatic heterocycles. The zero-order valence-corrected chi connectivity index (χ0v) is 14.8. The number of aromatic amines is 1. The predicted octanol–water partition coefficient (Wildman–Crippen LogP) is 4.26. The highest BCUT2D eigenvalue weighted by Gasteiger charge is 2.24. The Morgan fingerprint density at radius 1 is 1.11 bits per heavy atom. The molecule has 27 heavy (non-hydrogen) atoms. The van der Waals surface area contributed by atoms with Gasteiger partial charge in [-0.25, -0.2) is 8.78 Å². The Morgan fingerprint density at radius 3 is 2.67 bits per heavy atom. The van der Waals surface area contributed by atoms with E-state index in [1.807, 2.05) is 6.07 Å². The minimum Gasteiger partial charge on any atom is -0.361 e. The van der Waals surface area contributed by atoms with Crippen molar-refractivity contribution in [1.82, 2.24) is 9.88 Å². The Kier molecular flexibility index (Phi) is 4.90. The lowest BCUT2D eigenvalue weighted by Gasteiger charge is -2.31. The summed E-state index contributed by atoms with van der Waals surface area (Å²) in [4.78, 5) is 17.6. The third-order valence-corrected chi connectivity index (χ3v) is 5.22. The van der Waals surface area contributed by atoms with Crippen LogP contribution in [0.5, 0.6) is 0 Å². The molecule has 1 aliphatic rings. The summed E-state index contributed by atoms with van der Waals surface area (Å²) in [6.07, 6.45) is 4.07. The molecule has 1 fully saturated rings. The number of H-pyrrole nitrogens is 1. The highest BCUT2D eigenvalue weighted by molar-refractivity contribution is 5.92. The van der Waals surface area contributed by atoms with Crippen molar-refractivity contribution in [3.05, 3.63) is 65.9 Å². The van der Waals surface area contributed by atoms with E-state index in [0.29, 0.717) is 5.92 Å². The molecule has 2 N–H and O–H groups in total. The van der Waals surface area contributed by atoms with E-state index in [1.54, 1.807) is 0 Å². The second-order valence-corrected chi connectivity index (χ2v) is 7.02. The summed E-state index contributed by atoms with van der Waals surface area (Å²) in [5, 5.41) is 3.90. The van der Waals surface area contributed by atoms with Gasteiger partial charge < -0.3 is 10.3 Å². The number of nitrogens with zero attached hydrogens (tertiary/aromatic N) is 1. The van der Waals surface area contributed by atoms with Crippen LogP contribution in [0.2, 0.25) is 0 Å². The molecule has 0 spiro atoms. The molecule has 4 nitrogen and oxygen atoms in total. The molecular formula is C21H21F2N3O. The van der Waals surface area contributed by atoms with Gasteiger partial charge in [-0.05, 0) is 55.6 Å². The van der Waals surface area contributed by atoms with E-state index in [4.69, 9.17) is 0 Å². The number of para-hydroxylation sites is 1. The molecule has 140 valence electrons. The molecule has 3 aromatic rings. The number of aromatic nitrogens is 1. The summed E-state index contributed by atoms with van der Waals surface area (Å²) in [7, 11) is 0. The van der Waals surface area contributed by atoms with Gasteiger partial charge in [0.2, 0.25) is 5.91 Å². The number of hydrogen-bond acceptors (Lipinski definition) is 2. The third kappa shape index (κ3) is 3.85. The van der Waals surface area contributed by atoms with Gasteiger partial charge in [0.25, 0.3) is 0 Å². The average Bonchev–Trinajstić information content (AvgIpc) is 3.09. The van der Waals surface area contributed by atoms with E-state index >= 15 is 0 Å². The number of carbonyl (C=O) groups is 1. The number of piperidine rings is 1.